The van der Waals surface area contributed by atoms with Crippen molar-refractivity contribution < 1.29 is 18.0 Å². The molecule has 0 aliphatic heterocycles. The molecule has 0 saturated heterocycles. The van der Waals surface area contributed by atoms with Gasteiger partial charge in [-0.15, -0.1) is 0 Å². The third-order valence-electron chi connectivity index (χ3n) is 4.30. The van der Waals surface area contributed by atoms with Crippen molar-refractivity contribution in [2.45, 2.75) is 25.9 Å². The maximum atomic E-state index is 12.2. The summed E-state index contributed by atoms with van der Waals surface area (Å²) in [7, 11) is -1.68. The third kappa shape index (κ3) is 8.12. The summed E-state index contributed by atoms with van der Waals surface area (Å²) in [4.78, 5) is 25.9. The quantitative estimate of drug-likeness (QED) is 0.566. The van der Waals surface area contributed by atoms with Crippen LogP contribution in [0.25, 0.3) is 0 Å². The topological polar surface area (TPSA) is 108 Å². The van der Waals surface area contributed by atoms with Crippen LogP contribution in [0.2, 0.25) is 0 Å². The predicted octanol–water partition coefficient (Wildman–Crippen LogP) is 2.47. The van der Waals surface area contributed by atoms with E-state index in [4.69, 9.17) is 0 Å². The Morgan fingerprint density at radius 3 is 2.43 bits per heavy atom. The Hall–Kier alpha value is -3.07. The fraction of sp³-hybridized carbons (Fsp3) is 0.333. The van der Waals surface area contributed by atoms with Crippen LogP contribution in [0, 0.1) is 0 Å². The fourth-order valence-corrected chi connectivity index (χ4v) is 3.38. The molecule has 0 fully saturated rings. The van der Waals surface area contributed by atoms with Crippen LogP contribution in [0.3, 0.4) is 0 Å². The number of urea groups is 1. The van der Waals surface area contributed by atoms with Crippen molar-refractivity contribution in [3.05, 3.63) is 65.7 Å². The molecule has 3 amide bonds. The number of nitrogens with one attached hydrogen (secondary N) is 3. The molecule has 0 heterocycles. The van der Waals surface area contributed by atoms with E-state index >= 15 is 0 Å². The zero-order valence-electron chi connectivity index (χ0n) is 17.4. The van der Waals surface area contributed by atoms with Gasteiger partial charge in [0.05, 0.1) is 12.3 Å². The summed E-state index contributed by atoms with van der Waals surface area (Å²) in [6.45, 7) is 2.50. The molecule has 8 nitrogen and oxygen atoms in total. The van der Waals surface area contributed by atoms with Crippen LogP contribution in [0.1, 0.15) is 30.5 Å². The van der Waals surface area contributed by atoms with Crippen molar-refractivity contribution in [2.75, 3.05) is 24.6 Å². The maximum Gasteiger partial charge on any atom is 0.317 e. The molecule has 2 rings (SSSR count). The molecule has 2 aromatic rings. The number of nitrogens with zero attached hydrogens (tertiary/aromatic N) is 1. The minimum Gasteiger partial charge on any atom is -0.350 e. The number of hydrogen-bond donors (Lipinski definition) is 3. The predicted molar refractivity (Wildman–Crippen MR) is 117 cm³/mol. The first kappa shape index (κ1) is 23.2. The third-order valence-corrected chi connectivity index (χ3v) is 4.91. The fourth-order valence-electron chi connectivity index (χ4n) is 2.83. The van der Waals surface area contributed by atoms with Crippen LogP contribution < -0.4 is 15.4 Å². The molecule has 0 bridgehead atoms. The highest BCUT2D eigenvalue weighted by Gasteiger charge is 2.13. The molecular weight excluding hydrogens is 404 g/mol. The lowest BCUT2D eigenvalue weighted by molar-refractivity contribution is -0.121. The first-order valence-electron chi connectivity index (χ1n) is 9.54. The van der Waals surface area contributed by atoms with Gasteiger partial charge in [-0.3, -0.25) is 9.52 Å². The van der Waals surface area contributed by atoms with Crippen LogP contribution in [0.15, 0.2) is 54.6 Å². The highest BCUT2D eigenvalue weighted by atomic mass is 32.2. The number of benzene rings is 2. The highest BCUT2D eigenvalue weighted by Crippen LogP contribution is 2.18. The van der Waals surface area contributed by atoms with E-state index in [-0.39, 0.29) is 30.9 Å². The molecule has 162 valence electrons. The van der Waals surface area contributed by atoms with Crippen LogP contribution in [0.5, 0.6) is 0 Å². The summed E-state index contributed by atoms with van der Waals surface area (Å²) < 4.78 is 25.1. The number of anilines is 1. The SMILES string of the molecule is CC(NC(=O)CCNC(=O)N(C)Cc1ccccc1)c1cccc(NS(C)(=O)=O)c1. The molecule has 1 unspecified atom stereocenters. The van der Waals surface area contributed by atoms with Gasteiger partial charge in [0.25, 0.3) is 0 Å². The van der Waals surface area contributed by atoms with Crippen LogP contribution in [-0.4, -0.2) is 45.1 Å². The normalized spacial score (nSPS) is 12.0. The molecule has 30 heavy (non-hydrogen) atoms. The highest BCUT2D eigenvalue weighted by molar-refractivity contribution is 7.92. The first-order valence-corrected chi connectivity index (χ1v) is 11.4. The summed E-state index contributed by atoms with van der Waals surface area (Å²) in [6, 6.07) is 15.9. The largest absolute Gasteiger partial charge is 0.350 e. The van der Waals surface area contributed by atoms with E-state index in [1.807, 2.05) is 37.3 Å². The van der Waals surface area contributed by atoms with Crippen molar-refractivity contribution in [1.29, 1.82) is 0 Å². The van der Waals surface area contributed by atoms with E-state index in [0.717, 1.165) is 17.4 Å². The molecular formula is C21H28N4O4S. The van der Waals surface area contributed by atoms with Gasteiger partial charge in [-0.25, -0.2) is 13.2 Å². The van der Waals surface area contributed by atoms with Crippen molar-refractivity contribution in [3.8, 4) is 0 Å². The van der Waals surface area contributed by atoms with E-state index in [0.29, 0.717) is 12.2 Å². The number of carbonyl (C=O) groups excluding carboxylic acids is 2. The van der Waals surface area contributed by atoms with Gasteiger partial charge in [-0.2, -0.15) is 0 Å². The summed E-state index contributed by atoms with van der Waals surface area (Å²) in [5.41, 5.74) is 2.22. The average Bonchev–Trinajstić information content (AvgIpc) is 2.67. The van der Waals surface area contributed by atoms with Gasteiger partial charge in [0.2, 0.25) is 15.9 Å². The van der Waals surface area contributed by atoms with Crippen molar-refractivity contribution in [1.82, 2.24) is 15.5 Å². The minimum atomic E-state index is -3.37. The van der Waals surface area contributed by atoms with Gasteiger partial charge in [-0.05, 0) is 30.2 Å². The lowest BCUT2D eigenvalue weighted by atomic mass is 10.1. The number of sulfonamides is 1. The van der Waals surface area contributed by atoms with E-state index in [1.54, 1.807) is 36.2 Å². The minimum absolute atomic E-state index is 0.135. The second-order valence-electron chi connectivity index (χ2n) is 7.11. The number of rotatable bonds is 9. The lowest BCUT2D eigenvalue weighted by Crippen LogP contribution is -2.39. The van der Waals surface area contributed by atoms with E-state index in [2.05, 4.69) is 15.4 Å². The van der Waals surface area contributed by atoms with Crippen molar-refractivity contribution >= 4 is 27.6 Å². The second kappa shape index (κ2) is 10.6. The molecule has 3 N–H and O–H groups in total. The molecule has 0 aromatic heterocycles. The first-order chi connectivity index (χ1) is 14.1. The molecule has 0 spiro atoms. The summed E-state index contributed by atoms with van der Waals surface area (Å²) >= 11 is 0. The summed E-state index contributed by atoms with van der Waals surface area (Å²) in [5, 5.41) is 5.58. The lowest BCUT2D eigenvalue weighted by Gasteiger charge is -2.19. The number of amides is 3. The van der Waals surface area contributed by atoms with Crippen LogP contribution >= 0.6 is 0 Å². The van der Waals surface area contributed by atoms with Gasteiger partial charge in [-0.1, -0.05) is 42.5 Å². The standard InChI is InChI=1S/C21H28N4O4S/c1-16(18-10-7-11-19(14-18)24-30(3,28)29)23-20(26)12-13-22-21(27)25(2)15-17-8-5-4-6-9-17/h4-11,14,16,24H,12-13,15H2,1-3H3,(H,22,27)(H,23,26). The van der Waals surface area contributed by atoms with Gasteiger partial charge in [0.1, 0.15) is 0 Å². The Balaban J connectivity index is 1.77. The smallest absolute Gasteiger partial charge is 0.317 e. The Morgan fingerprint density at radius 1 is 1.07 bits per heavy atom. The molecule has 0 aliphatic rings. The van der Waals surface area contributed by atoms with E-state index in [9.17, 15) is 18.0 Å². The monoisotopic (exact) mass is 432 g/mol. The summed E-state index contributed by atoms with van der Waals surface area (Å²) in [5.74, 6) is -0.213. The van der Waals surface area contributed by atoms with Gasteiger partial charge in [0, 0.05) is 32.2 Å². The molecule has 0 radical (unpaired) electrons. The Kier molecular flexibility index (Phi) is 8.23. The summed E-state index contributed by atoms with van der Waals surface area (Å²) in [6.07, 6.45) is 1.22. The molecule has 1 atom stereocenters. The van der Waals surface area contributed by atoms with E-state index in [1.165, 1.54) is 0 Å². The Morgan fingerprint density at radius 2 is 1.77 bits per heavy atom. The molecule has 9 heteroatoms. The van der Waals surface area contributed by atoms with E-state index < -0.39 is 10.0 Å². The Bertz CT molecular complexity index is 964. The number of hydrogen-bond acceptors (Lipinski definition) is 4. The average molecular weight is 433 g/mol. The van der Waals surface area contributed by atoms with Gasteiger partial charge >= 0.3 is 6.03 Å². The van der Waals surface area contributed by atoms with Crippen LogP contribution in [0.4, 0.5) is 10.5 Å². The van der Waals surface area contributed by atoms with Crippen LogP contribution in [-0.2, 0) is 21.4 Å². The van der Waals surface area contributed by atoms with Gasteiger partial charge < -0.3 is 15.5 Å². The Labute approximate surface area is 177 Å². The molecule has 0 aliphatic carbocycles. The second-order valence-corrected chi connectivity index (χ2v) is 8.86. The number of carbonyl (C=O) groups is 2. The van der Waals surface area contributed by atoms with Crippen molar-refractivity contribution in [3.63, 3.8) is 0 Å². The zero-order valence-corrected chi connectivity index (χ0v) is 18.2. The molecule has 2 aromatic carbocycles. The maximum absolute atomic E-state index is 12.2. The zero-order chi connectivity index (χ0) is 22.1. The van der Waals surface area contributed by atoms with Gasteiger partial charge in [0.15, 0.2) is 0 Å². The van der Waals surface area contributed by atoms with Crippen molar-refractivity contribution in [2.24, 2.45) is 0 Å². The molecule has 0 saturated carbocycles.